The Morgan fingerprint density at radius 3 is 2.24 bits per heavy atom. The molecule has 0 amide bonds. The molecule has 17 heavy (non-hydrogen) atoms. The van der Waals surface area contributed by atoms with Gasteiger partial charge in [0.2, 0.25) is 0 Å². The third-order valence-corrected chi connectivity index (χ3v) is 3.13. The van der Waals surface area contributed by atoms with Crippen molar-refractivity contribution in [1.29, 1.82) is 0 Å². The van der Waals surface area contributed by atoms with E-state index in [-0.39, 0.29) is 12.0 Å². The van der Waals surface area contributed by atoms with Gasteiger partial charge in [-0.3, -0.25) is 0 Å². The number of hydrogen-bond acceptors (Lipinski definition) is 1. The molecule has 0 bridgehead atoms. The quantitative estimate of drug-likeness (QED) is 0.873. The minimum Gasteiger partial charge on any atom is -0.313 e. The van der Waals surface area contributed by atoms with E-state index < -0.39 is 11.7 Å². The summed E-state index contributed by atoms with van der Waals surface area (Å²) in [4.78, 5) is 0. The first-order valence-corrected chi connectivity index (χ1v) is 6.10. The first-order valence-electron chi connectivity index (χ1n) is 5.31. The summed E-state index contributed by atoms with van der Waals surface area (Å²) in [5, 5.41) is 2.93. The Labute approximate surface area is 108 Å². The molecule has 0 aliphatic rings. The maximum atomic E-state index is 12.9. The van der Waals surface area contributed by atoms with Gasteiger partial charge in [0.25, 0.3) is 0 Å². The standard InChI is InChI=1S/C12H15BrF3N/c1-7(2)11(17-3)9-5-4-8(13)6-10(9)12(14,15)16/h4-7,11,17H,1-3H3. The zero-order valence-corrected chi connectivity index (χ0v) is 11.5. The molecule has 0 aliphatic carbocycles. The second-order valence-corrected chi connectivity index (χ2v) is 5.16. The zero-order valence-electron chi connectivity index (χ0n) is 9.90. The smallest absolute Gasteiger partial charge is 0.313 e. The van der Waals surface area contributed by atoms with Gasteiger partial charge in [0.1, 0.15) is 0 Å². The molecule has 0 aromatic heterocycles. The van der Waals surface area contributed by atoms with E-state index in [0.717, 1.165) is 6.07 Å². The lowest BCUT2D eigenvalue weighted by Crippen LogP contribution is -2.25. The van der Waals surface area contributed by atoms with E-state index in [1.807, 2.05) is 13.8 Å². The Hall–Kier alpha value is -0.550. The number of hydrogen-bond donors (Lipinski definition) is 1. The molecule has 96 valence electrons. The van der Waals surface area contributed by atoms with E-state index in [2.05, 4.69) is 21.2 Å². The van der Waals surface area contributed by atoms with E-state index in [1.165, 1.54) is 6.07 Å². The van der Waals surface area contributed by atoms with Crippen molar-refractivity contribution in [1.82, 2.24) is 5.32 Å². The predicted molar refractivity (Wildman–Crippen MR) is 65.8 cm³/mol. The Kier molecular flexibility index (Phi) is 4.61. The fraction of sp³-hybridized carbons (Fsp3) is 0.500. The van der Waals surface area contributed by atoms with Crippen LogP contribution in [0.3, 0.4) is 0 Å². The van der Waals surface area contributed by atoms with Crippen LogP contribution in [0.5, 0.6) is 0 Å². The lowest BCUT2D eigenvalue weighted by molar-refractivity contribution is -0.138. The van der Waals surface area contributed by atoms with E-state index >= 15 is 0 Å². The lowest BCUT2D eigenvalue weighted by Gasteiger charge is -2.24. The van der Waals surface area contributed by atoms with Gasteiger partial charge in [0.15, 0.2) is 0 Å². The van der Waals surface area contributed by atoms with Gasteiger partial charge in [-0.25, -0.2) is 0 Å². The highest BCUT2D eigenvalue weighted by molar-refractivity contribution is 9.10. The molecule has 0 radical (unpaired) electrons. The van der Waals surface area contributed by atoms with Gasteiger partial charge in [-0.1, -0.05) is 35.8 Å². The van der Waals surface area contributed by atoms with Crippen molar-refractivity contribution >= 4 is 15.9 Å². The summed E-state index contributed by atoms with van der Waals surface area (Å²) >= 11 is 3.08. The normalized spacial score (nSPS) is 14.1. The monoisotopic (exact) mass is 309 g/mol. The van der Waals surface area contributed by atoms with Crippen LogP contribution in [0.15, 0.2) is 22.7 Å². The first-order chi connectivity index (χ1) is 7.77. The highest BCUT2D eigenvalue weighted by atomic mass is 79.9. The van der Waals surface area contributed by atoms with Gasteiger partial charge in [-0.05, 0) is 30.7 Å². The second-order valence-electron chi connectivity index (χ2n) is 4.24. The van der Waals surface area contributed by atoms with E-state index in [1.54, 1.807) is 13.1 Å². The fourth-order valence-corrected chi connectivity index (χ4v) is 2.25. The van der Waals surface area contributed by atoms with Crippen LogP contribution in [0.25, 0.3) is 0 Å². The predicted octanol–water partition coefficient (Wildman–Crippen LogP) is 4.38. The number of benzene rings is 1. The summed E-state index contributed by atoms with van der Waals surface area (Å²) in [5.74, 6) is 0.0854. The zero-order chi connectivity index (χ0) is 13.2. The van der Waals surface area contributed by atoms with Gasteiger partial charge in [-0.15, -0.1) is 0 Å². The molecule has 0 saturated carbocycles. The van der Waals surface area contributed by atoms with E-state index in [0.29, 0.717) is 10.0 Å². The van der Waals surface area contributed by atoms with Crippen LogP contribution in [-0.4, -0.2) is 7.05 Å². The minimum absolute atomic E-state index is 0.0854. The fourth-order valence-electron chi connectivity index (χ4n) is 1.89. The maximum absolute atomic E-state index is 12.9. The van der Waals surface area contributed by atoms with Crippen molar-refractivity contribution in [2.75, 3.05) is 7.05 Å². The van der Waals surface area contributed by atoms with Gasteiger partial charge >= 0.3 is 6.18 Å². The average Bonchev–Trinajstić information content (AvgIpc) is 2.19. The van der Waals surface area contributed by atoms with Crippen LogP contribution in [0, 0.1) is 5.92 Å². The number of alkyl halides is 3. The second kappa shape index (κ2) is 5.40. The molecule has 1 unspecified atom stereocenters. The molecule has 0 saturated heterocycles. The molecule has 0 spiro atoms. The molecule has 5 heteroatoms. The van der Waals surface area contributed by atoms with E-state index in [9.17, 15) is 13.2 Å². The first kappa shape index (κ1) is 14.5. The largest absolute Gasteiger partial charge is 0.416 e. The van der Waals surface area contributed by atoms with Crippen molar-refractivity contribution in [3.05, 3.63) is 33.8 Å². The van der Waals surface area contributed by atoms with Crippen LogP contribution >= 0.6 is 15.9 Å². The van der Waals surface area contributed by atoms with Crippen molar-refractivity contribution in [3.63, 3.8) is 0 Å². The summed E-state index contributed by atoms with van der Waals surface area (Å²) in [6.07, 6.45) is -4.33. The molecule has 1 atom stereocenters. The van der Waals surface area contributed by atoms with Crippen molar-refractivity contribution in [2.45, 2.75) is 26.1 Å². The summed E-state index contributed by atoms with van der Waals surface area (Å²) in [6, 6.07) is 3.98. The highest BCUT2D eigenvalue weighted by Crippen LogP contribution is 2.37. The third-order valence-electron chi connectivity index (χ3n) is 2.63. The summed E-state index contributed by atoms with van der Waals surface area (Å²) in [6.45, 7) is 3.78. The van der Waals surface area contributed by atoms with Crippen LogP contribution in [0.4, 0.5) is 13.2 Å². The molecule has 1 N–H and O–H groups in total. The van der Waals surface area contributed by atoms with Crippen LogP contribution in [0.2, 0.25) is 0 Å². The van der Waals surface area contributed by atoms with Gasteiger partial charge in [0.05, 0.1) is 5.56 Å². The Morgan fingerprint density at radius 2 is 1.82 bits per heavy atom. The van der Waals surface area contributed by atoms with E-state index in [4.69, 9.17) is 0 Å². The molecule has 1 aromatic carbocycles. The molecule has 1 aromatic rings. The molecule has 1 rings (SSSR count). The summed E-state index contributed by atoms with van der Waals surface area (Å²) in [7, 11) is 1.67. The summed E-state index contributed by atoms with van der Waals surface area (Å²) in [5.41, 5.74) is -0.293. The minimum atomic E-state index is -4.33. The number of nitrogens with one attached hydrogen (secondary N) is 1. The highest BCUT2D eigenvalue weighted by Gasteiger charge is 2.35. The van der Waals surface area contributed by atoms with Crippen LogP contribution < -0.4 is 5.32 Å². The molecule has 1 nitrogen and oxygen atoms in total. The molecular weight excluding hydrogens is 295 g/mol. The van der Waals surface area contributed by atoms with Gasteiger partial charge < -0.3 is 5.32 Å². The van der Waals surface area contributed by atoms with Crippen LogP contribution in [0.1, 0.15) is 31.0 Å². The van der Waals surface area contributed by atoms with Gasteiger partial charge in [0, 0.05) is 10.5 Å². The lowest BCUT2D eigenvalue weighted by atomic mass is 9.92. The van der Waals surface area contributed by atoms with Crippen LogP contribution in [-0.2, 0) is 6.18 Å². The van der Waals surface area contributed by atoms with Gasteiger partial charge in [-0.2, -0.15) is 13.2 Å². The Morgan fingerprint density at radius 1 is 1.24 bits per heavy atom. The molecule has 0 fully saturated rings. The summed E-state index contributed by atoms with van der Waals surface area (Å²) < 4.78 is 39.3. The number of rotatable bonds is 3. The van der Waals surface area contributed by atoms with Crippen molar-refractivity contribution < 1.29 is 13.2 Å². The number of halogens is 4. The van der Waals surface area contributed by atoms with Crippen molar-refractivity contribution in [3.8, 4) is 0 Å². The SMILES string of the molecule is CNC(c1ccc(Br)cc1C(F)(F)F)C(C)C. The molecule has 0 heterocycles. The average molecular weight is 310 g/mol. The topological polar surface area (TPSA) is 12.0 Å². The maximum Gasteiger partial charge on any atom is 0.416 e. The Bertz CT molecular complexity index is 388. The molecular formula is C12H15BrF3N. The molecule has 0 aliphatic heterocycles. The Balaban J connectivity index is 3.32. The third kappa shape index (κ3) is 3.45. The van der Waals surface area contributed by atoms with Crippen molar-refractivity contribution in [2.24, 2.45) is 5.92 Å².